The fourth-order valence-corrected chi connectivity index (χ4v) is 5.02. The van der Waals surface area contributed by atoms with E-state index >= 15 is 0 Å². The molecule has 0 spiro atoms. The van der Waals surface area contributed by atoms with Crippen LogP contribution in [0.1, 0.15) is 17.1 Å². The zero-order chi connectivity index (χ0) is 25.4. The molecule has 6 aromatic rings. The van der Waals surface area contributed by atoms with E-state index in [0.717, 1.165) is 50.9 Å². The lowest BCUT2D eigenvalue weighted by Gasteiger charge is -2.31. The lowest BCUT2D eigenvalue weighted by molar-refractivity contribution is 0.743. The van der Waals surface area contributed by atoms with Gasteiger partial charge in [0.1, 0.15) is 0 Å². The summed E-state index contributed by atoms with van der Waals surface area (Å²) >= 11 is 0. The van der Waals surface area contributed by atoms with Crippen molar-refractivity contribution in [2.45, 2.75) is 20.8 Å². The summed E-state index contributed by atoms with van der Waals surface area (Å²) in [4.78, 5) is 0. The van der Waals surface area contributed by atoms with Gasteiger partial charge in [-0.15, -0.1) is 0 Å². The van der Waals surface area contributed by atoms with Crippen molar-refractivity contribution in [2.24, 2.45) is 0 Å². The Bertz CT molecular complexity index is 1450. The molecule has 0 aliphatic heterocycles. The Hall–Kier alpha value is -4.65. The van der Waals surface area contributed by atoms with E-state index in [-0.39, 0.29) is 0 Å². The first-order valence-corrected chi connectivity index (χ1v) is 12.6. The van der Waals surface area contributed by atoms with Crippen LogP contribution < -0.4 is 0 Å². The highest BCUT2D eigenvalue weighted by atomic mass is 15.5. The maximum atomic E-state index is 5.11. The molecule has 0 bridgehead atoms. The normalized spacial score (nSPS) is 11.4. The zero-order valence-electron chi connectivity index (χ0n) is 21.3. The van der Waals surface area contributed by atoms with Gasteiger partial charge in [0, 0.05) is 16.7 Å². The predicted octanol–water partition coefficient (Wildman–Crippen LogP) is 5.86. The highest BCUT2D eigenvalue weighted by Crippen LogP contribution is 2.24. The first-order valence-electron chi connectivity index (χ1n) is 12.6. The summed E-state index contributed by atoms with van der Waals surface area (Å²) in [5.74, 6) is 0. The van der Waals surface area contributed by atoms with Crippen molar-refractivity contribution >= 4 is 7.12 Å². The first-order chi connectivity index (χ1) is 18.1. The van der Waals surface area contributed by atoms with E-state index in [0.29, 0.717) is 0 Å². The molecule has 0 saturated heterocycles. The molecule has 3 heterocycles. The van der Waals surface area contributed by atoms with Crippen LogP contribution in [0.4, 0.5) is 0 Å². The van der Waals surface area contributed by atoms with Gasteiger partial charge in [-0.3, -0.25) is 0 Å². The second-order valence-corrected chi connectivity index (χ2v) is 9.53. The quantitative estimate of drug-likeness (QED) is 0.279. The Kier molecular flexibility index (Phi) is 5.81. The predicted molar refractivity (Wildman–Crippen MR) is 151 cm³/mol. The van der Waals surface area contributed by atoms with Crippen LogP contribution in [0.2, 0.25) is 0 Å². The molecule has 182 valence electrons. The van der Waals surface area contributed by atoms with E-state index in [1.807, 2.05) is 54.6 Å². The monoisotopic (exact) mass is 483 g/mol. The van der Waals surface area contributed by atoms with Gasteiger partial charge >= 0.3 is 7.12 Å². The van der Waals surface area contributed by atoms with Crippen molar-refractivity contribution in [2.75, 3.05) is 0 Å². The summed E-state index contributed by atoms with van der Waals surface area (Å²) < 4.78 is 6.31. The number of hydrogen-bond acceptors (Lipinski definition) is 3. The number of hydrogen-bond donors (Lipinski definition) is 0. The number of aromatic nitrogens is 6. The lowest BCUT2D eigenvalue weighted by atomic mass is 9.93. The standard InChI is InChI=1S/C30H28BN6/c1-22-19-28(25-13-7-4-8-14-25)32-35(22)31(36-23(2)20-29(33-36)26-15-9-5-10-16-26)37-24(3)21-30(34-37)27-17-11-6-12-18-27/h4-21,31H,1-3H3/q-1. The molecule has 6 rings (SSSR count). The SMILES string of the molecule is Cc1cc(-c2ccccc2)nn1[BH-](n1nc(-c2ccccc2)cc1C)n1nc(-c2ccccc2)cc1C. The summed E-state index contributed by atoms with van der Waals surface area (Å²) in [5, 5.41) is 15.3. The Labute approximate surface area is 217 Å². The summed E-state index contributed by atoms with van der Waals surface area (Å²) in [6.07, 6.45) is 0. The van der Waals surface area contributed by atoms with Gasteiger partial charge in [-0.2, -0.15) is 0 Å². The van der Waals surface area contributed by atoms with Gasteiger partial charge < -0.3 is 13.8 Å². The van der Waals surface area contributed by atoms with Crippen LogP contribution in [0.15, 0.2) is 109 Å². The minimum absolute atomic E-state index is 0.941. The maximum absolute atomic E-state index is 5.11. The van der Waals surface area contributed by atoms with Crippen LogP contribution in [-0.4, -0.2) is 36.2 Å². The largest absolute Gasteiger partial charge is 0.400 e. The minimum atomic E-state index is -1.55. The molecule has 0 unspecified atom stereocenters. The lowest BCUT2D eigenvalue weighted by Crippen LogP contribution is -2.45. The Morgan fingerprint density at radius 1 is 0.432 bits per heavy atom. The topological polar surface area (TPSA) is 53.5 Å². The second kappa shape index (κ2) is 9.43. The molecule has 37 heavy (non-hydrogen) atoms. The molecule has 0 N–H and O–H groups in total. The van der Waals surface area contributed by atoms with Crippen molar-refractivity contribution in [3.05, 3.63) is 126 Å². The Morgan fingerprint density at radius 2 is 0.703 bits per heavy atom. The van der Waals surface area contributed by atoms with Crippen LogP contribution in [0, 0.1) is 20.8 Å². The molecule has 0 amide bonds. The summed E-state index contributed by atoms with van der Waals surface area (Å²) in [5.41, 5.74) is 9.28. The van der Waals surface area contributed by atoms with Gasteiger partial charge in [0.2, 0.25) is 0 Å². The van der Waals surface area contributed by atoms with E-state index in [4.69, 9.17) is 15.3 Å². The van der Waals surface area contributed by atoms with Gasteiger partial charge in [0.25, 0.3) is 0 Å². The van der Waals surface area contributed by atoms with Crippen molar-refractivity contribution in [1.82, 2.24) is 29.1 Å². The molecule has 0 aliphatic carbocycles. The van der Waals surface area contributed by atoms with E-state index in [1.165, 1.54) is 0 Å². The van der Waals surface area contributed by atoms with Crippen molar-refractivity contribution in [1.29, 1.82) is 0 Å². The van der Waals surface area contributed by atoms with Crippen LogP contribution in [-0.2, 0) is 0 Å². The van der Waals surface area contributed by atoms with Crippen molar-refractivity contribution in [3.8, 4) is 33.8 Å². The molecule has 0 fully saturated rings. The zero-order valence-corrected chi connectivity index (χ0v) is 21.3. The van der Waals surface area contributed by atoms with Gasteiger partial charge in [-0.1, -0.05) is 91.0 Å². The first kappa shape index (κ1) is 22.8. The molecular formula is C30H28BN6-. The molecule has 3 aromatic carbocycles. The van der Waals surface area contributed by atoms with Crippen LogP contribution in [0.5, 0.6) is 0 Å². The van der Waals surface area contributed by atoms with Crippen molar-refractivity contribution in [3.63, 3.8) is 0 Å². The van der Waals surface area contributed by atoms with E-state index in [9.17, 15) is 0 Å². The third-order valence-corrected chi connectivity index (χ3v) is 6.96. The van der Waals surface area contributed by atoms with Gasteiger partial charge in [0.05, 0.1) is 17.1 Å². The molecule has 0 aliphatic rings. The summed E-state index contributed by atoms with van der Waals surface area (Å²) in [6, 6.07) is 37.3. The third-order valence-electron chi connectivity index (χ3n) is 6.96. The average molecular weight is 483 g/mol. The summed E-state index contributed by atoms with van der Waals surface area (Å²) in [7, 11) is -1.55. The molecule has 6 nitrogen and oxygen atoms in total. The average Bonchev–Trinajstić information content (AvgIpc) is 3.64. The van der Waals surface area contributed by atoms with E-state index in [1.54, 1.807) is 0 Å². The number of nitrogens with zero attached hydrogens (tertiary/aromatic N) is 6. The van der Waals surface area contributed by atoms with Crippen LogP contribution in [0.25, 0.3) is 33.8 Å². The third kappa shape index (κ3) is 4.29. The molecule has 0 atom stereocenters. The number of aryl methyl sites for hydroxylation is 3. The minimum Gasteiger partial charge on any atom is -0.400 e. The molecule has 0 radical (unpaired) electrons. The van der Waals surface area contributed by atoms with E-state index in [2.05, 4.69) is 89.1 Å². The highest BCUT2D eigenvalue weighted by Gasteiger charge is 2.21. The number of benzene rings is 3. The van der Waals surface area contributed by atoms with Gasteiger partial charge in [-0.25, -0.2) is 15.3 Å². The molecule has 3 aromatic heterocycles. The van der Waals surface area contributed by atoms with Gasteiger partial charge in [0.15, 0.2) is 0 Å². The Balaban J connectivity index is 1.53. The smallest absolute Gasteiger partial charge is 0.326 e. The van der Waals surface area contributed by atoms with Gasteiger partial charge in [-0.05, 0) is 56.1 Å². The van der Waals surface area contributed by atoms with Crippen LogP contribution in [0.3, 0.4) is 0 Å². The molecular weight excluding hydrogens is 455 g/mol. The Morgan fingerprint density at radius 3 is 0.973 bits per heavy atom. The molecule has 0 saturated carbocycles. The van der Waals surface area contributed by atoms with Crippen molar-refractivity contribution < 1.29 is 0 Å². The fourth-order valence-electron chi connectivity index (χ4n) is 5.02. The highest BCUT2D eigenvalue weighted by molar-refractivity contribution is 6.53. The molecule has 7 heteroatoms. The maximum Gasteiger partial charge on any atom is 0.326 e. The van der Waals surface area contributed by atoms with Crippen LogP contribution >= 0.6 is 0 Å². The van der Waals surface area contributed by atoms with E-state index < -0.39 is 7.12 Å². The number of rotatable bonds is 6. The summed E-state index contributed by atoms with van der Waals surface area (Å²) in [6.45, 7) is 6.31. The second-order valence-electron chi connectivity index (χ2n) is 9.53. The fraction of sp³-hybridized carbons (Fsp3) is 0.100.